The van der Waals surface area contributed by atoms with Crippen molar-refractivity contribution < 1.29 is 9.53 Å². The first-order valence-electron chi connectivity index (χ1n) is 10.7. The van der Waals surface area contributed by atoms with Crippen LogP contribution in [0, 0.1) is 0 Å². The van der Waals surface area contributed by atoms with Gasteiger partial charge in [0.15, 0.2) is 0 Å². The van der Waals surface area contributed by atoms with Crippen LogP contribution in [-0.2, 0) is 11.2 Å². The Hall–Kier alpha value is -3.22. The summed E-state index contributed by atoms with van der Waals surface area (Å²) in [6, 6.07) is 20.9. The number of hydrogen-bond acceptors (Lipinski definition) is 5. The van der Waals surface area contributed by atoms with E-state index in [4.69, 9.17) is 33.0 Å². The first-order chi connectivity index (χ1) is 16.0. The molecular weight excluding hydrogens is 459 g/mol. The monoisotopic (exact) mass is 480 g/mol. The molecule has 2 aliphatic heterocycles. The zero-order chi connectivity index (χ0) is 22.9. The number of carbonyl (C=O) groups excluding carboxylic acids is 1. The van der Waals surface area contributed by atoms with Crippen LogP contribution in [0.2, 0.25) is 10.0 Å². The molecule has 2 aliphatic rings. The summed E-state index contributed by atoms with van der Waals surface area (Å²) < 4.78 is 5.29. The molecular formula is C25H22Cl2N4O2. The number of halogens is 2. The molecule has 0 saturated carbocycles. The molecule has 0 fully saturated rings. The maximum Gasteiger partial charge on any atom is 0.286 e. The molecule has 1 N–H and O–H groups in total. The molecule has 6 nitrogen and oxygen atoms in total. The number of fused-ring (bicyclic) bond motifs is 1. The summed E-state index contributed by atoms with van der Waals surface area (Å²) in [5, 5.41) is 9.40. The van der Waals surface area contributed by atoms with E-state index in [2.05, 4.69) is 11.5 Å². The van der Waals surface area contributed by atoms with Crippen molar-refractivity contribution in [2.24, 2.45) is 5.10 Å². The summed E-state index contributed by atoms with van der Waals surface area (Å²) in [7, 11) is 1.63. The van der Waals surface area contributed by atoms with Crippen molar-refractivity contribution in [3.63, 3.8) is 0 Å². The highest BCUT2D eigenvalue weighted by Gasteiger charge is 2.34. The largest absolute Gasteiger partial charge is 0.497 e. The van der Waals surface area contributed by atoms with Gasteiger partial charge in [0.2, 0.25) is 0 Å². The van der Waals surface area contributed by atoms with Gasteiger partial charge >= 0.3 is 0 Å². The molecule has 2 heterocycles. The number of anilines is 2. The van der Waals surface area contributed by atoms with Gasteiger partial charge in [0.1, 0.15) is 11.5 Å². The smallest absolute Gasteiger partial charge is 0.286 e. The summed E-state index contributed by atoms with van der Waals surface area (Å²) in [6.07, 6.45) is 1.33. The molecule has 0 bridgehead atoms. The number of rotatable bonds is 5. The fourth-order valence-electron chi connectivity index (χ4n) is 4.26. The Morgan fingerprint density at radius 2 is 1.85 bits per heavy atom. The van der Waals surface area contributed by atoms with Gasteiger partial charge in [-0.3, -0.25) is 20.2 Å². The van der Waals surface area contributed by atoms with Gasteiger partial charge in [0, 0.05) is 18.0 Å². The third-order valence-corrected chi connectivity index (χ3v) is 6.49. The second kappa shape index (κ2) is 8.96. The molecule has 8 heteroatoms. The summed E-state index contributed by atoms with van der Waals surface area (Å²) >= 11 is 12.6. The van der Waals surface area contributed by atoms with Crippen LogP contribution in [0.4, 0.5) is 11.4 Å². The van der Waals surface area contributed by atoms with Crippen LogP contribution in [0.25, 0.3) is 0 Å². The minimum absolute atomic E-state index is 0.193. The van der Waals surface area contributed by atoms with Gasteiger partial charge in [-0.2, -0.15) is 5.10 Å². The highest BCUT2D eigenvalue weighted by molar-refractivity contribution is 6.40. The van der Waals surface area contributed by atoms with E-state index >= 15 is 0 Å². The predicted molar refractivity (Wildman–Crippen MR) is 132 cm³/mol. The van der Waals surface area contributed by atoms with Crippen LogP contribution in [-0.4, -0.2) is 25.3 Å². The van der Waals surface area contributed by atoms with E-state index in [1.165, 1.54) is 5.56 Å². The van der Waals surface area contributed by atoms with E-state index in [9.17, 15) is 4.79 Å². The number of hydrazone groups is 1. The third-order valence-electron chi connectivity index (χ3n) is 5.95. The van der Waals surface area contributed by atoms with Crippen molar-refractivity contribution in [2.45, 2.75) is 18.9 Å². The zero-order valence-electron chi connectivity index (χ0n) is 18.0. The van der Waals surface area contributed by atoms with Crippen LogP contribution >= 0.6 is 23.2 Å². The summed E-state index contributed by atoms with van der Waals surface area (Å²) in [6.45, 7) is 0.729. The van der Waals surface area contributed by atoms with Crippen molar-refractivity contribution in [3.8, 4) is 5.75 Å². The van der Waals surface area contributed by atoms with E-state index in [-0.39, 0.29) is 11.9 Å². The molecule has 1 atom stereocenters. The zero-order valence-corrected chi connectivity index (χ0v) is 19.5. The van der Waals surface area contributed by atoms with Crippen LogP contribution < -0.4 is 20.2 Å². The Kier molecular flexibility index (Phi) is 5.87. The maximum absolute atomic E-state index is 13.2. The summed E-state index contributed by atoms with van der Waals surface area (Å²) in [5.74, 6) is 0.539. The molecule has 5 rings (SSSR count). The molecule has 0 saturated heterocycles. The van der Waals surface area contributed by atoms with E-state index in [1.807, 2.05) is 53.5 Å². The SMILES string of the molecule is COc1ccc([C@H]2CC(C(=O)NN3CCc4ccccc43)=NN2c2ccc(Cl)cc2Cl)cc1. The molecule has 0 spiro atoms. The number of ether oxygens (including phenoxy) is 1. The number of amides is 1. The van der Waals surface area contributed by atoms with Crippen molar-refractivity contribution >= 4 is 46.2 Å². The van der Waals surface area contributed by atoms with Crippen LogP contribution in [0.15, 0.2) is 71.8 Å². The Bertz CT molecular complexity index is 1230. The van der Waals surface area contributed by atoms with Gasteiger partial charge in [-0.05, 0) is 53.9 Å². The number of nitrogens with one attached hydrogen (secondary N) is 1. The van der Waals surface area contributed by atoms with Crippen LogP contribution in [0.3, 0.4) is 0 Å². The number of para-hydroxylation sites is 1. The quantitative estimate of drug-likeness (QED) is 0.530. The first kappa shape index (κ1) is 21.6. The Morgan fingerprint density at radius 3 is 2.61 bits per heavy atom. The minimum Gasteiger partial charge on any atom is -0.497 e. The lowest BCUT2D eigenvalue weighted by Gasteiger charge is -2.25. The van der Waals surface area contributed by atoms with Crippen LogP contribution in [0.1, 0.15) is 23.6 Å². The second-order valence-corrected chi connectivity index (χ2v) is 8.79. The van der Waals surface area contributed by atoms with Gasteiger partial charge in [-0.1, -0.05) is 53.5 Å². The highest BCUT2D eigenvalue weighted by atomic mass is 35.5. The van der Waals surface area contributed by atoms with Crippen molar-refractivity contribution in [2.75, 3.05) is 23.7 Å². The number of hydrogen-bond donors (Lipinski definition) is 1. The predicted octanol–water partition coefficient (Wildman–Crippen LogP) is 5.40. The molecule has 33 heavy (non-hydrogen) atoms. The maximum atomic E-state index is 13.2. The molecule has 0 aliphatic carbocycles. The number of hydrazine groups is 1. The highest BCUT2D eigenvalue weighted by Crippen LogP contribution is 2.40. The molecule has 3 aromatic carbocycles. The molecule has 0 radical (unpaired) electrons. The van der Waals surface area contributed by atoms with E-state index < -0.39 is 0 Å². The van der Waals surface area contributed by atoms with E-state index in [0.29, 0.717) is 27.9 Å². The van der Waals surface area contributed by atoms with Crippen LogP contribution in [0.5, 0.6) is 5.75 Å². The second-order valence-electron chi connectivity index (χ2n) is 7.95. The Labute approximate surface area is 202 Å². The molecule has 168 valence electrons. The lowest BCUT2D eigenvalue weighted by atomic mass is 10.0. The first-order valence-corrected chi connectivity index (χ1v) is 11.4. The lowest BCUT2D eigenvalue weighted by molar-refractivity contribution is -0.115. The van der Waals surface area contributed by atoms with Crippen molar-refractivity contribution in [1.29, 1.82) is 0 Å². The molecule has 1 amide bonds. The molecule has 0 unspecified atom stereocenters. The van der Waals surface area contributed by atoms with Gasteiger partial charge in [-0.25, -0.2) is 0 Å². The molecule has 3 aromatic rings. The van der Waals surface area contributed by atoms with E-state index in [1.54, 1.807) is 24.3 Å². The Balaban J connectivity index is 1.44. The Morgan fingerprint density at radius 1 is 1.06 bits per heavy atom. The average Bonchev–Trinajstić information content (AvgIpc) is 3.44. The van der Waals surface area contributed by atoms with Gasteiger partial charge < -0.3 is 4.74 Å². The normalized spacial score (nSPS) is 17.1. The minimum atomic E-state index is -0.224. The van der Waals surface area contributed by atoms with Gasteiger partial charge in [-0.15, -0.1) is 0 Å². The summed E-state index contributed by atoms with van der Waals surface area (Å²) in [5.41, 5.74) is 7.39. The van der Waals surface area contributed by atoms with Crippen molar-refractivity contribution in [1.82, 2.24) is 5.43 Å². The number of methoxy groups -OCH3 is 1. The topological polar surface area (TPSA) is 57.2 Å². The van der Waals surface area contributed by atoms with Gasteiger partial charge in [0.25, 0.3) is 5.91 Å². The summed E-state index contributed by atoms with van der Waals surface area (Å²) in [4.78, 5) is 13.2. The van der Waals surface area contributed by atoms with E-state index in [0.717, 1.165) is 30.0 Å². The fourth-order valence-corrected chi connectivity index (χ4v) is 4.76. The van der Waals surface area contributed by atoms with Crippen molar-refractivity contribution in [3.05, 3.63) is 87.9 Å². The number of nitrogens with zero attached hydrogens (tertiary/aromatic N) is 3. The van der Waals surface area contributed by atoms with Gasteiger partial charge in [0.05, 0.1) is 29.5 Å². The number of benzene rings is 3. The standard InChI is InChI=1S/C25H22Cl2N4O2/c1-33-19-9-6-17(7-10-19)24-15-21(28-31(24)23-11-8-18(26)14-20(23)27)25(32)29-30-13-12-16-4-2-3-5-22(16)30/h2-11,14,24H,12-13,15H2,1H3,(H,29,32)/t24-/m1/s1. The third kappa shape index (κ3) is 4.24. The lowest BCUT2D eigenvalue weighted by Crippen LogP contribution is -2.44. The fraction of sp³-hybridized carbons (Fsp3) is 0.200. The molecule has 0 aromatic heterocycles. The average molecular weight is 481 g/mol. The number of carbonyl (C=O) groups is 1.